The van der Waals surface area contributed by atoms with E-state index >= 15 is 0 Å². The summed E-state index contributed by atoms with van der Waals surface area (Å²) in [5, 5.41) is 3.51. The van der Waals surface area contributed by atoms with E-state index in [1.807, 2.05) is 36.9 Å². The van der Waals surface area contributed by atoms with Crippen LogP contribution in [0.15, 0.2) is 67.3 Å². The van der Waals surface area contributed by atoms with Gasteiger partial charge in [-0.15, -0.1) is 0 Å². The van der Waals surface area contributed by atoms with Crippen LogP contribution >= 0.6 is 0 Å². The average Bonchev–Trinajstić information content (AvgIpc) is 2.75. The summed E-state index contributed by atoms with van der Waals surface area (Å²) >= 11 is 0. The number of aromatic nitrogens is 2. The first kappa shape index (κ1) is 17.6. The molecule has 0 aliphatic carbocycles. The number of hydrogen-bond acceptors (Lipinski definition) is 5. The molecule has 3 aromatic rings. The van der Waals surface area contributed by atoms with E-state index in [0.717, 1.165) is 31.9 Å². The van der Waals surface area contributed by atoms with Crippen LogP contribution in [0.25, 0.3) is 11.1 Å². The predicted molar refractivity (Wildman–Crippen MR) is 106 cm³/mol. The number of pyridine rings is 2. The van der Waals surface area contributed by atoms with Gasteiger partial charge in [0.1, 0.15) is 5.75 Å². The second-order valence-corrected chi connectivity index (χ2v) is 6.73. The Bertz CT molecular complexity index is 870. The molecular formula is C22H24N4O. The molecule has 1 fully saturated rings. The fourth-order valence-corrected chi connectivity index (χ4v) is 3.69. The summed E-state index contributed by atoms with van der Waals surface area (Å²) in [7, 11) is 1.74. The molecule has 27 heavy (non-hydrogen) atoms. The maximum atomic E-state index is 5.65. The molecule has 0 spiro atoms. The minimum Gasteiger partial charge on any atom is -0.496 e. The number of piperazine rings is 1. The van der Waals surface area contributed by atoms with Crippen LogP contribution in [-0.2, 0) is 6.54 Å². The van der Waals surface area contributed by atoms with E-state index in [1.165, 1.54) is 22.3 Å². The summed E-state index contributed by atoms with van der Waals surface area (Å²) in [5.41, 5.74) is 4.85. The lowest BCUT2D eigenvalue weighted by Crippen LogP contribution is -2.45. The summed E-state index contributed by atoms with van der Waals surface area (Å²) in [4.78, 5) is 10.8. The third-order valence-corrected chi connectivity index (χ3v) is 5.11. The van der Waals surface area contributed by atoms with Crippen LogP contribution in [0.5, 0.6) is 5.75 Å². The highest BCUT2D eigenvalue weighted by atomic mass is 16.5. The van der Waals surface area contributed by atoms with Gasteiger partial charge in [-0.1, -0.05) is 6.07 Å². The molecule has 4 rings (SSSR count). The van der Waals surface area contributed by atoms with Crippen molar-refractivity contribution in [3.05, 3.63) is 78.4 Å². The van der Waals surface area contributed by atoms with E-state index in [2.05, 4.69) is 50.5 Å². The molecule has 0 radical (unpaired) electrons. The minimum atomic E-state index is 0.330. The van der Waals surface area contributed by atoms with Crippen LogP contribution in [0.1, 0.15) is 17.2 Å². The highest BCUT2D eigenvalue weighted by molar-refractivity contribution is 5.65. The van der Waals surface area contributed by atoms with E-state index in [1.54, 1.807) is 7.11 Å². The third-order valence-electron chi connectivity index (χ3n) is 5.11. The molecule has 138 valence electrons. The fourth-order valence-electron chi connectivity index (χ4n) is 3.69. The highest BCUT2D eigenvalue weighted by Gasteiger charge is 2.24. The Kier molecular flexibility index (Phi) is 5.42. The number of rotatable bonds is 5. The number of hydrogen-bond donors (Lipinski definition) is 1. The number of nitrogens with one attached hydrogen (secondary N) is 1. The Morgan fingerprint density at radius 1 is 1.00 bits per heavy atom. The molecule has 0 saturated carbocycles. The number of ether oxygens (including phenoxy) is 1. The molecule has 0 bridgehead atoms. The van der Waals surface area contributed by atoms with E-state index in [0.29, 0.717) is 6.04 Å². The lowest BCUT2D eigenvalue weighted by Gasteiger charge is -2.36. The quantitative estimate of drug-likeness (QED) is 0.757. The Balaban J connectivity index is 1.63. The Morgan fingerprint density at radius 3 is 2.48 bits per heavy atom. The molecule has 2 aromatic heterocycles. The molecule has 1 aromatic carbocycles. The monoisotopic (exact) mass is 360 g/mol. The fraction of sp³-hybridized carbons (Fsp3) is 0.273. The van der Waals surface area contributed by atoms with Gasteiger partial charge in [0.15, 0.2) is 0 Å². The number of nitrogens with zero attached hydrogens (tertiary/aromatic N) is 3. The average molecular weight is 360 g/mol. The maximum Gasteiger partial charge on any atom is 0.123 e. The molecule has 0 amide bonds. The normalized spacial score (nSPS) is 17.6. The number of benzene rings is 1. The van der Waals surface area contributed by atoms with Gasteiger partial charge in [-0.3, -0.25) is 14.9 Å². The van der Waals surface area contributed by atoms with Gasteiger partial charge in [0.05, 0.1) is 7.11 Å². The van der Waals surface area contributed by atoms with Gasteiger partial charge < -0.3 is 10.1 Å². The van der Waals surface area contributed by atoms with Crippen molar-refractivity contribution in [2.24, 2.45) is 0 Å². The van der Waals surface area contributed by atoms with Crippen molar-refractivity contribution in [2.75, 3.05) is 26.7 Å². The largest absolute Gasteiger partial charge is 0.496 e. The van der Waals surface area contributed by atoms with E-state index in [4.69, 9.17) is 4.74 Å². The minimum absolute atomic E-state index is 0.330. The SMILES string of the molecule is COc1ccc(-c2ccncc2)cc1CN1CCNCC1c1ccncc1. The molecule has 1 N–H and O–H groups in total. The second-order valence-electron chi connectivity index (χ2n) is 6.73. The smallest absolute Gasteiger partial charge is 0.123 e. The molecule has 1 aliphatic heterocycles. The van der Waals surface area contributed by atoms with Gasteiger partial charge in [0.25, 0.3) is 0 Å². The predicted octanol–water partition coefficient (Wildman–Crippen LogP) is 3.30. The van der Waals surface area contributed by atoms with E-state index < -0.39 is 0 Å². The highest BCUT2D eigenvalue weighted by Crippen LogP contribution is 2.30. The summed E-state index contributed by atoms with van der Waals surface area (Å²) in [6, 6.07) is 15.0. The van der Waals surface area contributed by atoms with Crippen LogP contribution in [0.3, 0.4) is 0 Å². The lowest BCUT2D eigenvalue weighted by molar-refractivity contribution is 0.152. The molecule has 1 unspecified atom stereocenters. The van der Waals surface area contributed by atoms with Crippen molar-refractivity contribution in [1.29, 1.82) is 0 Å². The zero-order valence-electron chi connectivity index (χ0n) is 15.5. The Morgan fingerprint density at radius 2 is 1.74 bits per heavy atom. The van der Waals surface area contributed by atoms with E-state index in [9.17, 15) is 0 Å². The molecule has 1 saturated heterocycles. The van der Waals surface area contributed by atoms with Gasteiger partial charge in [-0.25, -0.2) is 0 Å². The molecule has 5 heteroatoms. The molecular weight excluding hydrogens is 336 g/mol. The van der Waals surface area contributed by atoms with Gasteiger partial charge in [-0.2, -0.15) is 0 Å². The zero-order valence-corrected chi connectivity index (χ0v) is 15.5. The van der Waals surface area contributed by atoms with Crippen molar-refractivity contribution >= 4 is 0 Å². The van der Waals surface area contributed by atoms with E-state index in [-0.39, 0.29) is 0 Å². The van der Waals surface area contributed by atoms with Gasteiger partial charge in [0.2, 0.25) is 0 Å². The topological polar surface area (TPSA) is 50.3 Å². The molecule has 5 nitrogen and oxygen atoms in total. The first-order valence-corrected chi connectivity index (χ1v) is 9.27. The molecule has 3 heterocycles. The van der Waals surface area contributed by atoms with Crippen molar-refractivity contribution in [2.45, 2.75) is 12.6 Å². The Labute approximate surface area is 160 Å². The van der Waals surface area contributed by atoms with Crippen molar-refractivity contribution in [3.8, 4) is 16.9 Å². The van der Waals surface area contributed by atoms with Crippen molar-refractivity contribution in [1.82, 2.24) is 20.2 Å². The molecule has 1 aliphatic rings. The van der Waals surface area contributed by atoms with Gasteiger partial charge in [-0.05, 0) is 53.1 Å². The standard InChI is InChI=1S/C22H24N4O/c1-27-22-3-2-19(17-4-8-23-9-5-17)14-20(22)16-26-13-12-25-15-21(26)18-6-10-24-11-7-18/h2-11,14,21,25H,12-13,15-16H2,1H3. The zero-order chi connectivity index (χ0) is 18.5. The Hall–Kier alpha value is -2.76. The lowest BCUT2D eigenvalue weighted by atomic mass is 10.0. The summed E-state index contributed by atoms with van der Waals surface area (Å²) < 4.78 is 5.65. The summed E-state index contributed by atoms with van der Waals surface area (Å²) in [6.45, 7) is 3.77. The summed E-state index contributed by atoms with van der Waals surface area (Å²) in [5.74, 6) is 0.930. The summed E-state index contributed by atoms with van der Waals surface area (Å²) in [6.07, 6.45) is 7.39. The first-order chi connectivity index (χ1) is 13.3. The first-order valence-electron chi connectivity index (χ1n) is 9.27. The van der Waals surface area contributed by atoms with Crippen LogP contribution in [0.2, 0.25) is 0 Å². The van der Waals surface area contributed by atoms with Crippen molar-refractivity contribution in [3.63, 3.8) is 0 Å². The van der Waals surface area contributed by atoms with Crippen molar-refractivity contribution < 1.29 is 4.74 Å². The number of methoxy groups -OCH3 is 1. The third kappa shape index (κ3) is 3.99. The van der Waals surface area contributed by atoms with Crippen LogP contribution in [0.4, 0.5) is 0 Å². The van der Waals surface area contributed by atoms with Gasteiger partial charge >= 0.3 is 0 Å². The van der Waals surface area contributed by atoms with Crippen LogP contribution in [0, 0.1) is 0 Å². The van der Waals surface area contributed by atoms with Gasteiger partial charge in [0, 0.05) is 62.6 Å². The second kappa shape index (κ2) is 8.29. The van der Waals surface area contributed by atoms with Crippen LogP contribution in [-0.4, -0.2) is 41.6 Å². The maximum absolute atomic E-state index is 5.65. The van der Waals surface area contributed by atoms with Crippen LogP contribution < -0.4 is 10.1 Å². The molecule has 1 atom stereocenters.